The fourth-order valence-corrected chi connectivity index (χ4v) is 3.20. The molecular formula is C23H25N3O4. The van der Waals surface area contributed by atoms with Crippen molar-refractivity contribution < 1.29 is 19.1 Å². The first kappa shape index (κ1) is 21.3. The van der Waals surface area contributed by atoms with Gasteiger partial charge in [-0.15, -0.1) is 0 Å². The highest BCUT2D eigenvalue weighted by molar-refractivity contribution is 6.06. The first-order valence-corrected chi connectivity index (χ1v) is 9.50. The Morgan fingerprint density at radius 3 is 2.23 bits per heavy atom. The normalized spacial score (nSPS) is 11.9. The van der Waals surface area contributed by atoms with Crippen LogP contribution in [0.5, 0.6) is 0 Å². The van der Waals surface area contributed by atoms with Crippen LogP contribution in [0.15, 0.2) is 54.6 Å². The van der Waals surface area contributed by atoms with Gasteiger partial charge in [-0.25, -0.2) is 14.3 Å². The largest absolute Gasteiger partial charge is 0.465 e. The van der Waals surface area contributed by atoms with E-state index in [-0.39, 0.29) is 17.3 Å². The van der Waals surface area contributed by atoms with Gasteiger partial charge in [-0.05, 0) is 44.8 Å². The SMILES string of the molecule is COC(=O)c1c(-c2cccc(C(C)N(C)C)c2)nn(-c2ccccc2)c1C(=O)OC. The zero-order valence-electron chi connectivity index (χ0n) is 17.7. The summed E-state index contributed by atoms with van der Waals surface area (Å²) >= 11 is 0. The molecule has 0 aliphatic carbocycles. The van der Waals surface area contributed by atoms with E-state index in [1.54, 1.807) is 12.1 Å². The van der Waals surface area contributed by atoms with E-state index in [2.05, 4.69) is 16.9 Å². The van der Waals surface area contributed by atoms with Gasteiger partial charge in [0.15, 0.2) is 5.69 Å². The maximum atomic E-state index is 12.7. The Balaban J connectivity index is 2.30. The molecule has 0 fully saturated rings. The first-order chi connectivity index (χ1) is 14.4. The zero-order valence-corrected chi connectivity index (χ0v) is 17.7. The molecule has 1 atom stereocenters. The predicted octanol–water partition coefficient (Wildman–Crippen LogP) is 3.74. The molecule has 1 heterocycles. The molecule has 0 saturated carbocycles. The molecule has 1 aromatic heterocycles. The summed E-state index contributed by atoms with van der Waals surface area (Å²) in [6.45, 7) is 2.09. The number of nitrogens with zero attached hydrogens (tertiary/aromatic N) is 3. The van der Waals surface area contributed by atoms with E-state index in [0.29, 0.717) is 16.9 Å². The van der Waals surface area contributed by atoms with Crippen LogP contribution in [0.4, 0.5) is 0 Å². The van der Waals surface area contributed by atoms with Gasteiger partial charge in [-0.2, -0.15) is 5.10 Å². The predicted molar refractivity (Wildman–Crippen MR) is 114 cm³/mol. The number of hydrogen-bond acceptors (Lipinski definition) is 6. The Kier molecular flexibility index (Phi) is 6.32. The standard InChI is InChI=1S/C23H25N3O4/c1-15(25(2)3)16-10-9-11-17(14-16)20-19(22(27)29-4)21(23(28)30-5)26(24-20)18-12-7-6-8-13-18/h6-15H,1-5H3. The van der Waals surface area contributed by atoms with Crippen molar-refractivity contribution in [1.29, 1.82) is 0 Å². The van der Waals surface area contributed by atoms with Crippen molar-refractivity contribution in [3.05, 3.63) is 71.4 Å². The second-order valence-corrected chi connectivity index (χ2v) is 7.07. The topological polar surface area (TPSA) is 73.7 Å². The molecule has 0 aliphatic rings. The van der Waals surface area contributed by atoms with Crippen molar-refractivity contribution in [3.63, 3.8) is 0 Å². The molecule has 0 radical (unpaired) electrons. The van der Waals surface area contributed by atoms with Crippen LogP contribution in [0.3, 0.4) is 0 Å². The highest BCUT2D eigenvalue weighted by Crippen LogP contribution is 2.31. The molecule has 0 saturated heterocycles. The minimum Gasteiger partial charge on any atom is -0.465 e. The fourth-order valence-electron chi connectivity index (χ4n) is 3.20. The van der Waals surface area contributed by atoms with Crippen LogP contribution < -0.4 is 0 Å². The van der Waals surface area contributed by atoms with E-state index in [1.165, 1.54) is 18.9 Å². The average molecular weight is 407 g/mol. The van der Waals surface area contributed by atoms with Gasteiger partial charge in [0.05, 0.1) is 19.9 Å². The summed E-state index contributed by atoms with van der Waals surface area (Å²) in [5.74, 6) is -1.32. The number of carbonyl (C=O) groups excluding carboxylic acids is 2. The lowest BCUT2D eigenvalue weighted by Crippen LogP contribution is -2.16. The van der Waals surface area contributed by atoms with Crippen molar-refractivity contribution in [2.75, 3.05) is 28.3 Å². The molecule has 2 aromatic carbocycles. The van der Waals surface area contributed by atoms with Crippen LogP contribution in [-0.4, -0.2) is 54.9 Å². The van der Waals surface area contributed by atoms with E-state index in [0.717, 1.165) is 5.56 Å². The molecule has 30 heavy (non-hydrogen) atoms. The number of hydrogen-bond donors (Lipinski definition) is 0. The molecule has 3 aromatic rings. The van der Waals surface area contributed by atoms with Gasteiger partial charge in [0, 0.05) is 11.6 Å². The van der Waals surface area contributed by atoms with Gasteiger partial charge < -0.3 is 14.4 Å². The minimum atomic E-state index is -0.671. The van der Waals surface area contributed by atoms with Crippen LogP contribution in [-0.2, 0) is 9.47 Å². The number of rotatable bonds is 6. The van der Waals surface area contributed by atoms with Crippen LogP contribution in [0.25, 0.3) is 16.9 Å². The van der Waals surface area contributed by atoms with Crippen molar-refractivity contribution in [2.45, 2.75) is 13.0 Å². The Labute approximate surface area is 175 Å². The number of esters is 2. The quantitative estimate of drug-likeness (QED) is 0.580. The Morgan fingerprint density at radius 2 is 1.63 bits per heavy atom. The van der Waals surface area contributed by atoms with Crippen molar-refractivity contribution in [3.8, 4) is 16.9 Å². The molecule has 0 spiro atoms. The number of ether oxygens (including phenoxy) is 2. The van der Waals surface area contributed by atoms with Crippen molar-refractivity contribution in [1.82, 2.24) is 14.7 Å². The average Bonchev–Trinajstić information content (AvgIpc) is 3.18. The van der Waals surface area contributed by atoms with Crippen LogP contribution >= 0.6 is 0 Å². The molecule has 156 valence electrons. The third kappa shape index (κ3) is 3.97. The number of aromatic nitrogens is 2. The van der Waals surface area contributed by atoms with Gasteiger partial charge in [0.25, 0.3) is 0 Å². The smallest absolute Gasteiger partial charge is 0.357 e. The molecular weight excluding hydrogens is 382 g/mol. The minimum absolute atomic E-state index is 0.0246. The number of methoxy groups -OCH3 is 2. The second kappa shape index (κ2) is 8.92. The van der Waals surface area contributed by atoms with Crippen LogP contribution in [0.2, 0.25) is 0 Å². The second-order valence-electron chi connectivity index (χ2n) is 7.07. The molecule has 0 amide bonds. The summed E-state index contributed by atoms with van der Waals surface area (Å²) in [6.07, 6.45) is 0. The van der Waals surface area contributed by atoms with Gasteiger partial charge in [0.2, 0.25) is 0 Å². The maximum Gasteiger partial charge on any atom is 0.357 e. The lowest BCUT2D eigenvalue weighted by molar-refractivity contribution is 0.0549. The van der Waals surface area contributed by atoms with Gasteiger partial charge in [0.1, 0.15) is 11.3 Å². The maximum absolute atomic E-state index is 12.7. The lowest BCUT2D eigenvalue weighted by atomic mass is 10.00. The fraction of sp³-hybridized carbons (Fsp3) is 0.261. The Morgan fingerprint density at radius 1 is 0.967 bits per heavy atom. The third-order valence-corrected chi connectivity index (χ3v) is 5.07. The molecule has 7 heteroatoms. The highest BCUT2D eigenvalue weighted by atomic mass is 16.5. The summed E-state index contributed by atoms with van der Waals surface area (Å²) in [4.78, 5) is 27.5. The Hall–Kier alpha value is -3.45. The zero-order chi connectivity index (χ0) is 21.8. The molecule has 1 unspecified atom stereocenters. The molecule has 3 rings (SSSR count). The van der Waals surface area contributed by atoms with E-state index >= 15 is 0 Å². The Bertz CT molecular complexity index is 1060. The van der Waals surface area contributed by atoms with Gasteiger partial charge in [-0.1, -0.05) is 36.4 Å². The summed E-state index contributed by atoms with van der Waals surface area (Å²) in [6, 6.07) is 17.0. The monoisotopic (exact) mass is 407 g/mol. The van der Waals surface area contributed by atoms with Crippen molar-refractivity contribution in [2.24, 2.45) is 0 Å². The lowest BCUT2D eigenvalue weighted by Gasteiger charge is -2.20. The van der Waals surface area contributed by atoms with E-state index in [1.807, 2.05) is 56.6 Å². The van der Waals surface area contributed by atoms with E-state index in [9.17, 15) is 9.59 Å². The van der Waals surface area contributed by atoms with Gasteiger partial charge >= 0.3 is 11.9 Å². The molecule has 0 bridgehead atoms. The summed E-state index contributed by atoms with van der Waals surface area (Å²) in [5, 5.41) is 4.64. The molecule has 7 nitrogen and oxygen atoms in total. The van der Waals surface area contributed by atoms with Gasteiger partial charge in [-0.3, -0.25) is 0 Å². The van der Waals surface area contributed by atoms with Crippen molar-refractivity contribution >= 4 is 11.9 Å². The molecule has 0 aliphatic heterocycles. The third-order valence-electron chi connectivity index (χ3n) is 5.07. The summed E-state index contributed by atoms with van der Waals surface area (Å²) in [5.41, 5.74) is 2.86. The van der Waals surface area contributed by atoms with E-state index < -0.39 is 11.9 Å². The summed E-state index contributed by atoms with van der Waals surface area (Å²) < 4.78 is 11.4. The molecule has 0 N–H and O–H groups in total. The van der Waals surface area contributed by atoms with Crippen LogP contribution in [0.1, 0.15) is 39.4 Å². The van der Waals surface area contributed by atoms with Crippen LogP contribution in [0, 0.1) is 0 Å². The number of benzene rings is 2. The van der Waals surface area contributed by atoms with E-state index in [4.69, 9.17) is 9.47 Å². The first-order valence-electron chi connectivity index (χ1n) is 9.50. The summed E-state index contributed by atoms with van der Waals surface area (Å²) in [7, 11) is 6.54. The highest BCUT2D eigenvalue weighted by Gasteiger charge is 2.31. The number of para-hydroxylation sites is 1. The number of carbonyl (C=O) groups is 2.